The standard InChI is InChI=1S/C7H8F3NOS/c8-7(9,10)6(11)4-1-5(2-12)13-3-4/h1,3,6,12H,2,11H2/t6-/m0/s1. The highest BCUT2D eigenvalue weighted by Gasteiger charge is 2.38. The Balaban J connectivity index is 2.83. The molecule has 74 valence electrons. The van der Waals surface area contributed by atoms with Crippen LogP contribution in [0.3, 0.4) is 0 Å². The monoisotopic (exact) mass is 211 g/mol. The van der Waals surface area contributed by atoms with Gasteiger partial charge in [0.25, 0.3) is 0 Å². The molecule has 0 amide bonds. The maximum absolute atomic E-state index is 12.1. The zero-order valence-corrected chi connectivity index (χ0v) is 7.32. The number of halogens is 3. The summed E-state index contributed by atoms with van der Waals surface area (Å²) in [5.74, 6) is 0. The van der Waals surface area contributed by atoms with Crippen molar-refractivity contribution < 1.29 is 18.3 Å². The molecule has 0 unspecified atom stereocenters. The molecule has 13 heavy (non-hydrogen) atoms. The third kappa shape index (κ3) is 2.43. The molecular weight excluding hydrogens is 203 g/mol. The molecule has 0 aromatic carbocycles. The van der Waals surface area contributed by atoms with Crippen molar-refractivity contribution in [3.8, 4) is 0 Å². The second-order valence-corrected chi connectivity index (χ2v) is 3.52. The fourth-order valence-electron chi connectivity index (χ4n) is 0.833. The average molecular weight is 211 g/mol. The van der Waals surface area contributed by atoms with Crippen molar-refractivity contribution in [3.05, 3.63) is 21.9 Å². The lowest BCUT2D eigenvalue weighted by atomic mass is 10.1. The van der Waals surface area contributed by atoms with E-state index in [2.05, 4.69) is 0 Å². The number of thiophene rings is 1. The van der Waals surface area contributed by atoms with E-state index in [-0.39, 0.29) is 12.2 Å². The van der Waals surface area contributed by atoms with Crippen molar-refractivity contribution in [2.24, 2.45) is 5.73 Å². The van der Waals surface area contributed by atoms with Crippen molar-refractivity contribution in [2.75, 3.05) is 0 Å². The Morgan fingerprint density at radius 1 is 1.54 bits per heavy atom. The first-order chi connectivity index (χ1) is 5.95. The van der Waals surface area contributed by atoms with Crippen LogP contribution in [-0.2, 0) is 6.61 Å². The van der Waals surface area contributed by atoms with Gasteiger partial charge in [-0.1, -0.05) is 0 Å². The molecule has 2 nitrogen and oxygen atoms in total. The second kappa shape index (κ2) is 3.65. The number of aliphatic hydroxyl groups is 1. The number of aliphatic hydroxyl groups excluding tert-OH is 1. The lowest BCUT2D eigenvalue weighted by molar-refractivity contribution is -0.149. The molecular formula is C7H8F3NOS. The van der Waals surface area contributed by atoms with Gasteiger partial charge in [-0.3, -0.25) is 0 Å². The number of alkyl halides is 3. The van der Waals surface area contributed by atoms with Gasteiger partial charge in [0, 0.05) is 4.88 Å². The molecule has 0 aliphatic rings. The van der Waals surface area contributed by atoms with Crippen LogP contribution in [0, 0.1) is 0 Å². The maximum Gasteiger partial charge on any atom is 0.407 e. The summed E-state index contributed by atoms with van der Waals surface area (Å²) in [5, 5.41) is 9.93. The van der Waals surface area contributed by atoms with Crippen LogP contribution in [0.25, 0.3) is 0 Å². The summed E-state index contributed by atoms with van der Waals surface area (Å²) in [4.78, 5) is 0.481. The Hall–Kier alpha value is -0.590. The van der Waals surface area contributed by atoms with Crippen LogP contribution >= 0.6 is 11.3 Å². The van der Waals surface area contributed by atoms with Crippen molar-refractivity contribution in [1.82, 2.24) is 0 Å². The van der Waals surface area contributed by atoms with Crippen LogP contribution in [0.5, 0.6) is 0 Å². The normalized spacial score (nSPS) is 14.5. The third-order valence-electron chi connectivity index (χ3n) is 1.54. The van der Waals surface area contributed by atoms with Gasteiger partial charge in [-0.05, 0) is 17.0 Å². The molecule has 0 fully saturated rings. The Morgan fingerprint density at radius 3 is 2.54 bits per heavy atom. The average Bonchev–Trinajstić information content (AvgIpc) is 2.48. The van der Waals surface area contributed by atoms with Gasteiger partial charge in [-0.25, -0.2) is 0 Å². The summed E-state index contributed by atoms with van der Waals surface area (Å²) in [7, 11) is 0. The van der Waals surface area contributed by atoms with Gasteiger partial charge < -0.3 is 10.8 Å². The number of rotatable bonds is 2. The first-order valence-corrected chi connectivity index (χ1v) is 4.33. The lowest BCUT2D eigenvalue weighted by Gasteiger charge is -2.13. The first kappa shape index (κ1) is 10.5. The van der Waals surface area contributed by atoms with E-state index in [0.717, 1.165) is 11.3 Å². The zero-order chi connectivity index (χ0) is 10.1. The summed E-state index contributed by atoms with van der Waals surface area (Å²) in [6.45, 7) is -0.255. The molecule has 3 N–H and O–H groups in total. The van der Waals surface area contributed by atoms with Crippen LogP contribution in [0.2, 0.25) is 0 Å². The minimum atomic E-state index is -4.42. The van der Waals surface area contributed by atoms with Crippen molar-refractivity contribution in [3.63, 3.8) is 0 Å². The van der Waals surface area contributed by atoms with Crippen LogP contribution in [-0.4, -0.2) is 11.3 Å². The Morgan fingerprint density at radius 2 is 2.15 bits per heavy atom. The third-order valence-corrected chi connectivity index (χ3v) is 2.48. The second-order valence-electron chi connectivity index (χ2n) is 2.52. The minimum absolute atomic E-state index is 0.00144. The highest BCUT2D eigenvalue weighted by atomic mass is 32.1. The fraction of sp³-hybridized carbons (Fsp3) is 0.429. The molecule has 1 aromatic heterocycles. The Kier molecular flexibility index (Phi) is 2.94. The molecule has 0 aliphatic carbocycles. The Bertz CT molecular complexity index is 284. The van der Waals surface area contributed by atoms with Crippen LogP contribution in [0.15, 0.2) is 11.4 Å². The van der Waals surface area contributed by atoms with Gasteiger partial charge in [0.1, 0.15) is 6.04 Å². The highest BCUT2D eigenvalue weighted by Crippen LogP contribution is 2.32. The molecule has 0 spiro atoms. The maximum atomic E-state index is 12.1. The lowest BCUT2D eigenvalue weighted by Crippen LogP contribution is -2.27. The minimum Gasteiger partial charge on any atom is -0.391 e. The van der Waals surface area contributed by atoms with Gasteiger partial charge in [0.05, 0.1) is 6.61 Å². The molecule has 0 aliphatic heterocycles. The molecule has 1 rings (SSSR count). The molecule has 0 bridgehead atoms. The summed E-state index contributed by atoms with van der Waals surface area (Å²) < 4.78 is 36.2. The van der Waals surface area contributed by atoms with Gasteiger partial charge in [-0.2, -0.15) is 13.2 Å². The molecule has 1 heterocycles. The SMILES string of the molecule is N[C@@H](c1csc(CO)c1)C(F)(F)F. The van der Waals surface area contributed by atoms with Crippen LogP contribution in [0.4, 0.5) is 13.2 Å². The largest absolute Gasteiger partial charge is 0.407 e. The Labute approximate surface area is 76.8 Å². The molecule has 1 atom stereocenters. The van der Waals surface area contributed by atoms with E-state index in [0.29, 0.717) is 4.88 Å². The smallest absolute Gasteiger partial charge is 0.391 e. The molecule has 1 aromatic rings. The van der Waals surface area contributed by atoms with Gasteiger partial charge in [0.2, 0.25) is 0 Å². The van der Waals surface area contributed by atoms with Crippen LogP contribution < -0.4 is 5.73 Å². The van der Waals surface area contributed by atoms with E-state index >= 15 is 0 Å². The molecule has 6 heteroatoms. The fourth-order valence-corrected chi connectivity index (χ4v) is 1.61. The first-order valence-electron chi connectivity index (χ1n) is 3.45. The van der Waals surface area contributed by atoms with Crippen molar-refractivity contribution in [2.45, 2.75) is 18.8 Å². The van der Waals surface area contributed by atoms with E-state index in [1.165, 1.54) is 11.4 Å². The van der Waals surface area contributed by atoms with Crippen molar-refractivity contribution >= 4 is 11.3 Å². The van der Waals surface area contributed by atoms with E-state index in [1.54, 1.807) is 0 Å². The molecule has 0 radical (unpaired) electrons. The topological polar surface area (TPSA) is 46.2 Å². The summed E-state index contributed by atoms with van der Waals surface area (Å²) in [6.07, 6.45) is -4.42. The number of hydrogen-bond donors (Lipinski definition) is 2. The van der Waals surface area contributed by atoms with Crippen molar-refractivity contribution in [1.29, 1.82) is 0 Å². The van der Waals surface area contributed by atoms with E-state index < -0.39 is 12.2 Å². The summed E-state index contributed by atoms with van der Waals surface area (Å²) in [5.41, 5.74) is 4.94. The molecule has 0 saturated carbocycles. The van der Waals surface area contributed by atoms with E-state index in [4.69, 9.17) is 10.8 Å². The predicted molar refractivity (Wildman–Crippen MR) is 43.2 cm³/mol. The van der Waals surface area contributed by atoms with Gasteiger partial charge in [-0.15, -0.1) is 11.3 Å². The van der Waals surface area contributed by atoms with Gasteiger partial charge in [0.15, 0.2) is 0 Å². The van der Waals surface area contributed by atoms with Crippen LogP contribution in [0.1, 0.15) is 16.5 Å². The van der Waals surface area contributed by atoms with E-state index in [9.17, 15) is 13.2 Å². The highest BCUT2D eigenvalue weighted by molar-refractivity contribution is 7.10. The number of nitrogens with two attached hydrogens (primary N) is 1. The summed E-state index contributed by atoms with van der Waals surface area (Å²) >= 11 is 1.06. The predicted octanol–water partition coefficient (Wildman–Crippen LogP) is 1.80. The zero-order valence-electron chi connectivity index (χ0n) is 6.51. The number of hydrogen-bond acceptors (Lipinski definition) is 3. The van der Waals surface area contributed by atoms with Gasteiger partial charge >= 0.3 is 6.18 Å². The quantitative estimate of drug-likeness (QED) is 0.783. The van der Waals surface area contributed by atoms with E-state index in [1.807, 2.05) is 0 Å². The molecule has 0 saturated heterocycles. The summed E-state index contributed by atoms with van der Waals surface area (Å²) in [6, 6.07) is -0.688.